The molecule has 1 aromatic carbocycles. The number of anilines is 1. The van der Waals surface area contributed by atoms with Gasteiger partial charge in [-0.2, -0.15) is 10.9 Å². The van der Waals surface area contributed by atoms with E-state index in [4.69, 9.17) is 0 Å². The lowest BCUT2D eigenvalue weighted by Crippen LogP contribution is -2.43. The highest BCUT2D eigenvalue weighted by atomic mass is 32.2. The molecule has 0 aliphatic carbocycles. The summed E-state index contributed by atoms with van der Waals surface area (Å²) in [5.74, 6) is 0. The summed E-state index contributed by atoms with van der Waals surface area (Å²) in [5, 5.41) is 5.88. The fraction of sp³-hybridized carbons (Fsp3) is 0.375. The second kappa shape index (κ2) is 5.43. The molecular weight excluding hydrogens is 252 g/mol. The molecule has 3 heteroatoms. The van der Waals surface area contributed by atoms with Crippen LogP contribution in [0.3, 0.4) is 0 Å². The maximum absolute atomic E-state index is 3.43. The molecule has 2 aliphatic rings. The van der Waals surface area contributed by atoms with Gasteiger partial charge in [-0.3, -0.25) is 0 Å². The molecule has 0 saturated carbocycles. The van der Waals surface area contributed by atoms with Crippen LogP contribution >= 0.6 is 10.9 Å². The molecule has 1 unspecified atom stereocenters. The second-order valence-corrected chi connectivity index (χ2v) is 7.44. The zero-order valence-electron chi connectivity index (χ0n) is 11.7. The molecule has 1 N–H and O–H groups in total. The highest BCUT2D eigenvalue weighted by Gasteiger charge is 2.19. The van der Waals surface area contributed by atoms with Gasteiger partial charge in [-0.1, -0.05) is 18.2 Å². The first-order valence-corrected chi connectivity index (χ1v) is 8.37. The van der Waals surface area contributed by atoms with Crippen LogP contribution in [-0.2, 0) is 0 Å². The van der Waals surface area contributed by atoms with Crippen LogP contribution in [0.25, 0.3) is 0 Å². The number of nitrogens with zero attached hydrogens (tertiary/aromatic N) is 1. The number of thiol groups is 1. The maximum atomic E-state index is 3.43. The van der Waals surface area contributed by atoms with E-state index in [1.54, 1.807) is 0 Å². The lowest BCUT2D eigenvalue weighted by molar-refractivity contribution is 0.587. The predicted octanol–water partition coefficient (Wildman–Crippen LogP) is 3.28. The highest BCUT2D eigenvalue weighted by Crippen LogP contribution is 2.53. The number of allylic oxidation sites excluding steroid dienone is 3. The molecular formula is C16H22N2S. The van der Waals surface area contributed by atoms with Crippen LogP contribution in [0.4, 0.5) is 5.69 Å². The minimum atomic E-state index is -0.249. The minimum Gasteiger partial charge on any atom is -0.368 e. The Morgan fingerprint density at radius 1 is 1.11 bits per heavy atom. The molecule has 0 amide bonds. The summed E-state index contributed by atoms with van der Waals surface area (Å²) in [5.41, 5.74) is 2.85. The number of para-hydroxylation sites is 1. The van der Waals surface area contributed by atoms with Crippen molar-refractivity contribution in [3.8, 4) is 0 Å². The quantitative estimate of drug-likeness (QED) is 0.805. The van der Waals surface area contributed by atoms with Crippen molar-refractivity contribution in [2.24, 2.45) is 0 Å². The average Bonchev–Trinajstić information content (AvgIpc) is 2.79. The number of hydrogen-bond acceptors (Lipinski definition) is 2. The first kappa shape index (κ1) is 12.8. The summed E-state index contributed by atoms with van der Waals surface area (Å²) >= 11 is 0. The van der Waals surface area contributed by atoms with Gasteiger partial charge >= 0.3 is 0 Å². The van der Waals surface area contributed by atoms with Gasteiger partial charge in [-0.15, -0.1) is 0 Å². The van der Waals surface area contributed by atoms with E-state index in [-0.39, 0.29) is 10.9 Å². The molecule has 1 aromatic rings. The van der Waals surface area contributed by atoms with Crippen molar-refractivity contribution < 1.29 is 0 Å². The molecule has 0 bridgehead atoms. The number of nitrogens with one attached hydrogen (secondary N) is 1. The van der Waals surface area contributed by atoms with E-state index in [2.05, 4.69) is 59.8 Å². The normalized spacial score (nSPS) is 25.2. The Kier molecular flexibility index (Phi) is 3.67. The molecule has 1 saturated heterocycles. The van der Waals surface area contributed by atoms with Gasteiger partial charge in [0.1, 0.15) is 0 Å². The van der Waals surface area contributed by atoms with E-state index in [0.717, 1.165) is 26.2 Å². The third-order valence-corrected chi connectivity index (χ3v) is 6.20. The van der Waals surface area contributed by atoms with E-state index in [0.29, 0.717) is 0 Å². The van der Waals surface area contributed by atoms with Crippen molar-refractivity contribution >= 4 is 16.6 Å². The SMILES string of the molecule is CC1=C[SH](c2ccccc2N2CCNCC2)C(C)=C1. The number of piperazine rings is 1. The third kappa shape index (κ3) is 2.58. The zero-order chi connectivity index (χ0) is 13.2. The minimum absolute atomic E-state index is 0.249. The number of hydrogen-bond donors (Lipinski definition) is 2. The van der Waals surface area contributed by atoms with Crippen LogP contribution in [-0.4, -0.2) is 26.2 Å². The van der Waals surface area contributed by atoms with Gasteiger partial charge in [0.2, 0.25) is 0 Å². The first-order valence-electron chi connectivity index (χ1n) is 6.96. The van der Waals surface area contributed by atoms with Gasteiger partial charge in [0.15, 0.2) is 0 Å². The summed E-state index contributed by atoms with van der Waals surface area (Å²) < 4.78 is 0. The van der Waals surface area contributed by atoms with Gasteiger partial charge in [-0.25, -0.2) is 0 Å². The molecule has 102 valence electrons. The number of benzene rings is 1. The summed E-state index contributed by atoms with van der Waals surface area (Å²) in [7, 11) is -0.249. The van der Waals surface area contributed by atoms with E-state index in [9.17, 15) is 0 Å². The van der Waals surface area contributed by atoms with Crippen LogP contribution < -0.4 is 10.2 Å². The summed E-state index contributed by atoms with van der Waals surface area (Å²) in [6.07, 6.45) is 2.33. The Hall–Kier alpha value is -1.19. The molecule has 2 heterocycles. The van der Waals surface area contributed by atoms with Gasteiger partial charge in [0, 0.05) is 36.8 Å². The third-order valence-electron chi connectivity index (χ3n) is 3.75. The molecule has 2 nitrogen and oxygen atoms in total. The monoisotopic (exact) mass is 274 g/mol. The smallest absolute Gasteiger partial charge is 0.0494 e. The fourth-order valence-electron chi connectivity index (χ4n) is 2.84. The van der Waals surface area contributed by atoms with Crippen molar-refractivity contribution in [2.75, 3.05) is 31.1 Å². The van der Waals surface area contributed by atoms with E-state index in [1.807, 2.05) is 0 Å². The molecule has 1 atom stereocenters. The molecule has 2 aliphatic heterocycles. The molecule has 1 fully saturated rings. The van der Waals surface area contributed by atoms with Gasteiger partial charge in [0.25, 0.3) is 0 Å². The van der Waals surface area contributed by atoms with Gasteiger partial charge in [-0.05, 0) is 41.9 Å². The highest BCUT2D eigenvalue weighted by molar-refractivity contribution is 8.23. The van der Waals surface area contributed by atoms with Gasteiger partial charge in [0.05, 0.1) is 0 Å². The molecule has 0 radical (unpaired) electrons. The largest absolute Gasteiger partial charge is 0.368 e. The fourth-order valence-corrected chi connectivity index (χ4v) is 5.10. The van der Waals surface area contributed by atoms with Crippen LogP contribution in [0.5, 0.6) is 0 Å². The first-order chi connectivity index (χ1) is 9.25. The zero-order valence-corrected chi connectivity index (χ0v) is 12.6. The molecule has 0 aromatic heterocycles. The molecule has 0 spiro atoms. The number of rotatable bonds is 2. The summed E-state index contributed by atoms with van der Waals surface area (Å²) in [6, 6.07) is 8.95. The van der Waals surface area contributed by atoms with Crippen molar-refractivity contribution in [1.82, 2.24) is 5.32 Å². The second-order valence-electron chi connectivity index (χ2n) is 5.25. The van der Waals surface area contributed by atoms with Crippen molar-refractivity contribution in [3.05, 3.63) is 46.2 Å². The van der Waals surface area contributed by atoms with E-state index in [1.165, 1.54) is 21.1 Å². The van der Waals surface area contributed by atoms with Crippen LogP contribution in [0.2, 0.25) is 0 Å². The Labute approximate surface area is 118 Å². The van der Waals surface area contributed by atoms with E-state index < -0.39 is 0 Å². The lowest BCUT2D eigenvalue weighted by atomic mass is 10.2. The van der Waals surface area contributed by atoms with Crippen LogP contribution in [0.15, 0.2) is 51.1 Å². The lowest BCUT2D eigenvalue weighted by Gasteiger charge is -2.33. The Morgan fingerprint density at radius 2 is 1.84 bits per heavy atom. The maximum Gasteiger partial charge on any atom is 0.0494 e. The summed E-state index contributed by atoms with van der Waals surface area (Å²) in [6.45, 7) is 8.90. The Balaban J connectivity index is 1.96. The predicted molar refractivity (Wildman–Crippen MR) is 86.3 cm³/mol. The molecule has 3 rings (SSSR count). The van der Waals surface area contributed by atoms with Crippen LogP contribution in [0.1, 0.15) is 13.8 Å². The standard InChI is InChI=1S/C16H22N2S/c1-13-11-14(2)19(12-13)16-6-4-3-5-15(16)18-9-7-17-8-10-18/h3-6,11-12,17,19H,7-10H2,1-2H3. The Morgan fingerprint density at radius 3 is 2.53 bits per heavy atom. The van der Waals surface area contributed by atoms with Crippen molar-refractivity contribution in [1.29, 1.82) is 0 Å². The topological polar surface area (TPSA) is 15.3 Å². The Bertz CT molecular complexity index is 527. The van der Waals surface area contributed by atoms with Crippen LogP contribution in [0, 0.1) is 0 Å². The van der Waals surface area contributed by atoms with Crippen molar-refractivity contribution in [2.45, 2.75) is 18.7 Å². The summed E-state index contributed by atoms with van der Waals surface area (Å²) in [4.78, 5) is 5.57. The van der Waals surface area contributed by atoms with E-state index >= 15 is 0 Å². The van der Waals surface area contributed by atoms with Gasteiger partial charge < -0.3 is 10.2 Å². The molecule has 19 heavy (non-hydrogen) atoms. The van der Waals surface area contributed by atoms with Crippen molar-refractivity contribution in [3.63, 3.8) is 0 Å². The average molecular weight is 274 g/mol.